The molecule has 20 heavy (non-hydrogen) atoms. The van der Waals surface area contributed by atoms with Crippen molar-refractivity contribution in [1.82, 2.24) is 5.32 Å². The molecule has 0 saturated heterocycles. The third-order valence-electron chi connectivity index (χ3n) is 3.35. The molecule has 1 heterocycles. The van der Waals surface area contributed by atoms with Gasteiger partial charge in [-0.05, 0) is 58.2 Å². The molecule has 0 aliphatic heterocycles. The summed E-state index contributed by atoms with van der Waals surface area (Å²) in [7, 11) is 0. The van der Waals surface area contributed by atoms with Crippen LogP contribution in [0.1, 0.15) is 24.3 Å². The van der Waals surface area contributed by atoms with Crippen molar-refractivity contribution in [3.63, 3.8) is 0 Å². The van der Waals surface area contributed by atoms with Gasteiger partial charge in [0.1, 0.15) is 0 Å². The minimum absolute atomic E-state index is 0.542. The van der Waals surface area contributed by atoms with E-state index in [1.807, 2.05) is 11.3 Å². The summed E-state index contributed by atoms with van der Waals surface area (Å²) in [5, 5.41) is 5.75. The van der Waals surface area contributed by atoms with Gasteiger partial charge in [-0.1, -0.05) is 44.2 Å². The Morgan fingerprint density at radius 1 is 1.10 bits per heavy atom. The van der Waals surface area contributed by atoms with E-state index in [0.29, 0.717) is 12.0 Å². The largest absolute Gasteiger partial charge is 0.314 e. The van der Waals surface area contributed by atoms with Crippen LogP contribution in [0.25, 0.3) is 0 Å². The Morgan fingerprint density at radius 3 is 2.45 bits per heavy atom. The normalized spacial score (nSPS) is 12.8. The van der Waals surface area contributed by atoms with E-state index in [-0.39, 0.29) is 0 Å². The Balaban J connectivity index is 2.02. The van der Waals surface area contributed by atoms with Gasteiger partial charge in [0.15, 0.2) is 0 Å². The molecule has 1 aromatic carbocycles. The third kappa shape index (κ3) is 5.04. The minimum Gasteiger partial charge on any atom is -0.314 e. The highest BCUT2D eigenvalue weighted by atomic mass is 79.9. The van der Waals surface area contributed by atoms with Crippen LogP contribution in [0.5, 0.6) is 0 Å². The number of hydrogen-bond acceptors (Lipinski definition) is 2. The van der Waals surface area contributed by atoms with Gasteiger partial charge < -0.3 is 5.32 Å². The maximum absolute atomic E-state index is 3.65. The van der Waals surface area contributed by atoms with Crippen molar-refractivity contribution in [3.8, 4) is 0 Å². The lowest BCUT2D eigenvalue weighted by molar-refractivity contribution is 0.446. The van der Waals surface area contributed by atoms with Gasteiger partial charge in [-0.2, -0.15) is 0 Å². The van der Waals surface area contributed by atoms with Crippen molar-refractivity contribution >= 4 is 27.3 Å². The highest BCUT2D eigenvalue weighted by Crippen LogP contribution is 2.26. The van der Waals surface area contributed by atoms with Crippen molar-refractivity contribution in [1.29, 1.82) is 0 Å². The van der Waals surface area contributed by atoms with E-state index in [1.165, 1.54) is 14.9 Å². The fraction of sp³-hybridized carbons (Fsp3) is 0.412. The van der Waals surface area contributed by atoms with Gasteiger partial charge >= 0.3 is 0 Å². The van der Waals surface area contributed by atoms with Gasteiger partial charge in [0.05, 0.1) is 0 Å². The molecule has 0 fully saturated rings. The van der Waals surface area contributed by atoms with E-state index in [0.717, 1.165) is 19.4 Å². The van der Waals surface area contributed by atoms with Crippen LogP contribution in [0.4, 0.5) is 0 Å². The van der Waals surface area contributed by atoms with Gasteiger partial charge in [0.25, 0.3) is 0 Å². The summed E-state index contributed by atoms with van der Waals surface area (Å²) in [5.41, 5.74) is 1.43. The van der Waals surface area contributed by atoms with Crippen LogP contribution in [-0.4, -0.2) is 12.6 Å². The summed E-state index contributed by atoms with van der Waals surface area (Å²) in [6, 6.07) is 13.5. The average Bonchev–Trinajstić information content (AvgIpc) is 2.83. The summed E-state index contributed by atoms with van der Waals surface area (Å²) in [6.45, 7) is 5.48. The van der Waals surface area contributed by atoms with Gasteiger partial charge in [-0.15, -0.1) is 11.3 Å². The molecule has 1 atom stereocenters. The van der Waals surface area contributed by atoms with Gasteiger partial charge in [0, 0.05) is 15.4 Å². The van der Waals surface area contributed by atoms with Crippen molar-refractivity contribution in [2.24, 2.45) is 5.92 Å². The lowest BCUT2D eigenvalue weighted by Crippen LogP contribution is -2.30. The van der Waals surface area contributed by atoms with Crippen LogP contribution in [0.3, 0.4) is 0 Å². The maximum atomic E-state index is 3.65. The van der Waals surface area contributed by atoms with Crippen molar-refractivity contribution in [2.75, 3.05) is 6.54 Å². The zero-order valence-electron chi connectivity index (χ0n) is 12.1. The number of thiophene rings is 1. The summed E-state index contributed by atoms with van der Waals surface area (Å²) < 4.78 is 1.25. The molecule has 0 amide bonds. The summed E-state index contributed by atoms with van der Waals surface area (Å²) >= 11 is 5.50. The Labute approximate surface area is 134 Å². The molecule has 0 radical (unpaired) electrons. The molecule has 1 N–H and O–H groups in total. The van der Waals surface area contributed by atoms with Crippen LogP contribution in [0, 0.1) is 5.92 Å². The molecule has 0 aliphatic rings. The first-order valence-electron chi connectivity index (χ1n) is 7.14. The van der Waals surface area contributed by atoms with Crippen LogP contribution in [-0.2, 0) is 12.8 Å². The van der Waals surface area contributed by atoms with E-state index in [4.69, 9.17) is 0 Å². The van der Waals surface area contributed by atoms with Crippen LogP contribution < -0.4 is 5.32 Å². The Kier molecular flexibility index (Phi) is 6.27. The van der Waals surface area contributed by atoms with E-state index in [2.05, 4.69) is 76.9 Å². The van der Waals surface area contributed by atoms with Crippen molar-refractivity contribution in [2.45, 2.75) is 32.7 Å². The molecule has 2 rings (SSSR count). The molecule has 0 aliphatic carbocycles. The number of hydrogen-bond donors (Lipinski definition) is 1. The second-order valence-corrected chi connectivity index (χ2v) is 7.37. The van der Waals surface area contributed by atoms with Gasteiger partial charge in [-0.25, -0.2) is 0 Å². The van der Waals surface area contributed by atoms with Crippen LogP contribution in [0.2, 0.25) is 0 Å². The van der Waals surface area contributed by atoms with Crippen LogP contribution >= 0.6 is 27.3 Å². The lowest BCUT2D eigenvalue weighted by Gasteiger charge is -2.19. The third-order valence-corrected chi connectivity index (χ3v) is 5.30. The topological polar surface area (TPSA) is 12.0 Å². The second kappa shape index (κ2) is 7.96. The van der Waals surface area contributed by atoms with Crippen molar-refractivity contribution < 1.29 is 0 Å². The first-order valence-corrected chi connectivity index (χ1v) is 8.81. The molecule has 1 aromatic heterocycles. The Bertz CT molecular complexity index is 507. The fourth-order valence-electron chi connectivity index (χ4n) is 2.30. The molecule has 1 nitrogen and oxygen atoms in total. The number of benzene rings is 1. The van der Waals surface area contributed by atoms with Crippen molar-refractivity contribution in [3.05, 3.63) is 56.7 Å². The molecule has 1 unspecified atom stereocenters. The minimum atomic E-state index is 0.542. The molecular formula is C17H22BrNS. The van der Waals surface area contributed by atoms with E-state index < -0.39 is 0 Å². The van der Waals surface area contributed by atoms with E-state index in [9.17, 15) is 0 Å². The SMILES string of the molecule is CC(C)NCC(Cc1ccccc1)Cc1sccc1Br. The van der Waals surface area contributed by atoms with E-state index >= 15 is 0 Å². The summed E-state index contributed by atoms with van der Waals surface area (Å²) in [4.78, 5) is 1.46. The van der Waals surface area contributed by atoms with Crippen LogP contribution in [0.15, 0.2) is 46.3 Å². The lowest BCUT2D eigenvalue weighted by atomic mass is 9.95. The van der Waals surface area contributed by atoms with E-state index in [1.54, 1.807) is 0 Å². The monoisotopic (exact) mass is 351 g/mol. The smallest absolute Gasteiger partial charge is 0.0314 e. The molecular weight excluding hydrogens is 330 g/mol. The number of rotatable bonds is 7. The van der Waals surface area contributed by atoms with Gasteiger partial charge in [-0.3, -0.25) is 0 Å². The highest BCUT2D eigenvalue weighted by molar-refractivity contribution is 9.10. The zero-order valence-corrected chi connectivity index (χ0v) is 14.5. The maximum Gasteiger partial charge on any atom is 0.0314 e. The molecule has 0 saturated carbocycles. The number of nitrogens with one attached hydrogen (secondary N) is 1. The fourth-order valence-corrected chi connectivity index (χ4v) is 3.93. The first kappa shape index (κ1) is 15.7. The molecule has 2 aromatic rings. The second-order valence-electron chi connectivity index (χ2n) is 5.51. The Morgan fingerprint density at radius 2 is 1.85 bits per heavy atom. The highest BCUT2D eigenvalue weighted by Gasteiger charge is 2.14. The zero-order chi connectivity index (χ0) is 14.4. The summed E-state index contributed by atoms with van der Waals surface area (Å²) in [5.74, 6) is 0.634. The molecule has 3 heteroatoms. The summed E-state index contributed by atoms with van der Waals surface area (Å²) in [6.07, 6.45) is 2.26. The molecule has 108 valence electrons. The average molecular weight is 352 g/mol. The quantitative estimate of drug-likeness (QED) is 0.747. The molecule has 0 spiro atoms. The van der Waals surface area contributed by atoms with Gasteiger partial charge in [0.2, 0.25) is 0 Å². The standard InChI is InChI=1S/C17H22BrNS/c1-13(2)19-12-15(10-14-6-4-3-5-7-14)11-17-16(18)8-9-20-17/h3-9,13,15,19H,10-12H2,1-2H3. The Hall–Kier alpha value is -0.640. The first-order chi connectivity index (χ1) is 9.65. The molecule has 0 bridgehead atoms. The predicted octanol–water partition coefficient (Wildman–Crippen LogP) is 4.91. The predicted molar refractivity (Wildman–Crippen MR) is 92.5 cm³/mol. The number of halogens is 1.